The molecule has 0 radical (unpaired) electrons. The summed E-state index contributed by atoms with van der Waals surface area (Å²) in [5.74, 6) is -0.0288. The normalized spacial score (nSPS) is 11.1. The summed E-state index contributed by atoms with van der Waals surface area (Å²) in [6, 6.07) is 6.08. The van der Waals surface area contributed by atoms with Gasteiger partial charge in [-0.1, -0.05) is 11.6 Å². The van der Waals surface area contributed by atoms with E-state index in [-0.39, 0.29) is 46.0 Å². The fourth-order valence-corrected chi connectivity index (χ4v) is 2.47. The first-order chi connectivity index (χ1) is 12.6. The van der Waals surface area contributed by atoms with Crippen LogP contribution in [0.25, 0.3) is 0 Å². The molecule has 0 aliphatic carbocycles. The molecule has 0 fully saturated rings. The van der Waals surface area contributed by atoms with Gasteiger partial charge in [0.25, 0.3) is 5.69 Å². The maximum atomic E-state index is 12.7. The molecule has 2 aromatic rings. The fourth-order valence-electron chi connectivity index (χ4n) is 2.00. The highest BCUT2D eigenvalue weighted by Gasteiger charge is 2.31. The van der Waals surface area contributed by atoms with E-state index in [2.05, 4.69) is 0 Å². The lowest BCUT2D eigenvalue weighted by Gasteiger charge is -2.12. The summed E-state index contributed by atoms with van der Waals surface area (Å²) in [6.45, 7) is -0.503. The molecule has 144 valence electrons. The summed E-state index contributed by atoms with van der Waals surface area (Å²) in [4.78, 5) is 10.4. The van der Waals surface area contributed by atoms with Gasteiger partial charge in [0.15, 0.2) is 5.05 Å². The molecule has 27 heavy (non-hydrogen) atoms. The van der Waals surface area contributed by atoms with Gasteiger partial charge in [0.05, 0.1) is 22.1 Å². The standard InChI is InChI=1S/C16H11ClF3NO5S/c17-12-7-9(16(18,19)20)1-4-14(12)26-10-2-3-13(21(23)24)11(8-10)15(27)25-6-5-22/h1-4,7-8,22H,5-6H2. The van der Waals surface area contributed by atoms with Crippen molar-refractivity contribution in [3.05, 3.63) is 62.7 Å². The number of nitro benzene ring substituents is 1. The SMILES string of the molecule is O=[N+]([O-])c1ccc(Oc2ccc(C(F)(F)F)cc2Cl)cc1C(=S)OCCO. The van der Waals surface area contributed by atoms with Gasteiger partial charge in [0, 0.05) is 6.07 Å². The Hall–Kier alpha value is -2.43. The molecule has 0 amide bonds. The van der Waals surface area contributed by atoms with Crippen molar-refractivity contribution < 1.29 is 32.7 Å². The van der Waals surface area contributed by atoms with Crippen molar-refractivity contribution in [1.82, 2.24) is 0 Å². The highest BCUT2D eigenvalue weighted by atomic mass is 35.5. The van der Waals surface area contributed by atoms with Gasteiger partial charge >= 0.3 is 6.18 Å². The van der Waals surface area contributed by atoms with E-state index in [0.29, 0.717) is 6.07 Å². The number of alkyl halides is 3. The Balaban J connectivity index is 2.34. The average molecular weight is 422 g/mol. The summed E-state index contributed by atoms with van der Waals surface area (Å²) in [5, 5.41) is 19.4. The number of hydrogen-bond acceptors (Lipinski definition) is 6. The van der Waals surface area contributed by atoms with Crippen LogP contribution in [0.3, 0.4) is 0 Å². The number of benzene rings is 2. The van der Waals surface area contributed by atoms with Gasteiger partial charge in [0.2, 0.25) is 0 Å². The topological polar surface area (TPSA) is 81.8 Å². The Morgan fingerprint density at radius 2 is 1.96 bits per heavy atom. The predicted octanol–water partition coefficient (Wildman–Crippen LogP) is 4.74. The zero-order chi connectivity index (χ0) is 20.2. The van der Waals surface area contributed by atoms with Gasteiger partial charge in [-0.3, -0.25) is 10.1 Å². The predicted molar refractivity (Wildman–Crippen MR) is 94.4 cm³/mol. The average Bonchev–Trinajstić information content (AvgIpc) is 2.60. The molecule has 0 aliphatic rings. The van der Waals surface area contributed by atoms with Gasteiger partial charge in [-0.15, -0.1) is 0 Å². The molecule has 0 aromatic heterocycles. The first-order valence-corrected chi connectivity index (χ1v) is 8.03. The highest BCUT2D eigenvalue weighted by molar-refractivity contribution is 7.80. The lowest BCUT2D eigenvalue weighted by Crippen LogP contribution is -2.10. The van der Waals surface area contributed by atoms with Gasteiger partial charge in [-0.05, 0) is 42.5 Å². The van der Waals surface area contributed by atoms with E-state index < -0.39 is 16.7 Å². The number of ether oxygens (including phenoxy) is 2. The fraction of sp³-hybridized carbons (Fsp3) is 0.188. The second kappa shape index (κ2) is 8.51. The Bertz CT molecular complexity index is 876. The van der Waals surface area contributed by atoms with E-state index in [1.807, 2.05) is 0 Å². The Labute approximate surface area is 161 Å². The van der Waals surface area contributed by atoms with E-state index >= 15 is 0 Å². The third-order valence-corrected chi connectivity index (χ3v) is 3.83. The molecule has 0 atom stereocenters. The monoisotopic (exact) mass is 421 g/mol. The van der Waals surface area contributed by atoms with Crippen LogP contribution in [-0.2, 0) is 10.9 Å². The van der Waals surface area contributed by atoms with Crippen molar-refractivity contribution in [3.63, 3.8) is 0 Å². The van der Waals surface area contributed by atoms with Gasteiger partial charge < -0.3 is 14.6 Å². The molecule has 0 heterocycles. The number of aliphatic hydroxyl groups is 1. The Kier molecular flexibility index (Phi) is 6.58. The van der Waals surface area contributed by atoms with Crippen LogP contribution < -0.4 is 4.74 Å². The number of nitro groups is 1. The van der Waals surface area contributed by atoms with Crippen molar-refractivity contribution in [1.29, 1.82) is 0 Å². The highest BCUT2D eigenvalue weighted by Crippen LogP contribution is 2.37. The quantitative estimate of drug-likeness (QED) is 0.412. The van der Waals surface area contributed by atoms with E-state index in [1.165, 1.54) is 12.1 Å². The van der Waals surface area contributed by atoms with Crippen LogP contribution in [-0.4, -0.2) is 28.3 Å². The van der Waals surface area contributed by atoms with Crippen molar-refractivity contribution in [2.24, 2.45) is 0 Å². The molecule has 0 bridgehead atoms. The summed E-state index contributed by atoms with van der Waals surface area (Å²) in [5.41, 5.74) is -1.38. The number of rotatable bonds is 6. The molecular formula is C16H11ClF3NO5S. The van der Waals surface area contributed by atoms with Crippen LogP contribution in [0, 0.1) is 10.1 Å². The van der Waals surface area contributed by atoms with Gasteiger partial charge in [0.1, 0.15) is 23.7 Å². The van der Waals surface area contributed by atoms with Crippen LogP contribution in [0.1, 0.15) is 11.1 Å². The summed E-state index contributed by atoms with van der Waals surface area (Å²) in [7, 11) is 0. The van der Waals surface area contributed by atoms with E-state index in [1.54, 1.807) is 0 Å². The number of hydrogen-bond donors (Lipinski definition) is 1. The number of halogens is 4. The zero-order valence-corrected chi connectivity index (χ0v) is 14.9. The smallest absolute Gasteiger partial charge is 0.416 e. The lowest BCUT2D eigenvalue weighted by atomic mass is 10.1. The number of aliphatic hydroxyl groups excluding tert-OH is 1. The van der Waals surface area contributed by atoms with Crippen molar-refractivity contribution in [3.8, 4) is 11.5 Å². The largest absolute Gasteiger partial charge is 0.480 e. The molecule has 2 aromatic carbocycles. The second-order valence-corrected chi connectivity index (χ2v) is 5.82. The summed E-state index contributed by atoms with van der Waals surface area (Å²) >= 11 is 10.8. The zero-order valence-electron chi connectivity index (χ0n) is 13.3. The van der Waals surface area contributed by atoms with E-state index in [4.69, 9.17) is 38.4 Å². The maximum absolute atomic E-state index is 12.7. The van der Waals surface area contributed by atoms with Crippen LogP contribution in [0.4, 0.5) is 18.9 Å². The molecule has 2 rings (SSSR count). The third kappa shape index (κ3) is 5.28. The minimum Gasteiger partial charge on any atom is -0.480 e. The maximum Gasteiger partial charge on any atom is 0.416 e. The molecule has 0 saturated carbocycles. The summed E-state index contributed by atoms with van der Waals surface area (Å²) < 4.78 is 48.5. The molecule has 6 nitrogen and oxygen atoms in total. The Morgan fingerprint density at radius 3 is 2.52 bits per heavy atom. The van der Waals surface area contributed by atoms with Crippen LogP contribution in [0.5, 0.6) is 11.5 Å². The Morgan fingerprint density at radius 1 is 1.26 bits per heavy atom. The van der Waals surface area contributed by atoms with Crippen molar-refractivity contribution >= 4 is 34.6 Å². The minimum atomic E-state index is -4.56. The molecule has 0 spiro atoms. The van der Waals surface area contributed by atoms with Gasteiger partial charge in [-0.25, -0.2) is 0 Å². The van der Waals surface area contributed by atoms with Crippen LogP contribution in [0.15, 0.2) is 36.4 Å². The second-order valence-electron chi connectivity index (χ2n) is 5.04. The van der Waals surface area contributed by atoms with Crippen LogP contribution in [0.2, 0.25) is 5.02 Å². The minimum absolute atomic E-state index is 0.0483. The number of thiocarbonyl (C=S) groups is 1. The van der Waals surface area contributed by atoms with E-state index in [0.717, 1.165) is 18.2 Å². The first-order valence-electron chi connectivity index (χ1n) is 7.24. The van der Waals surface area contributed by atoms with Crippen molar-refractivity contribution in [2.45, 2.75) is 6.18 Å². The number of nitrogens with zero attached hydrogens (tertiary/aromatic N) is 1. The molecule has 11 heteroatoms. The third-order valence-electron chi connectivity index (χ3n) is 3.20. The molecule has 1 N–H and O–H groups in total. The lowest BCUT2D eigenvalue weighted by molar-refractivity contribution is -0.385. The molecule has 0 saturated heterocycles. The first kappa shape index (κ1) is 20.9. The molecular weight excluding hydrogens is 411 g/mol. The van der Waals surface area contributed by atoms with Gasteiger partial charge in [-0.2, -0.15) is 13.2 Å². The van der Waals surface area contributed by atoms with Crippen LogP contribution >= 0.6 is 23.8 Å². The molecule has 0 aliphatic heterocycles. The molecule has 0 unspecified atom stereocenters. The van der Waals surface area contributed by atoms with E-state index in [9.17, 15) is 23.3 Å². The summed E-state index contributed by atoms with van der Waals surface area (Å²) in [6.07, 6.45) is -4.56. The van der Waals surface area contributed by atoms with Crippen molar-refractivity contribution in [2.75, 3.05) is 13.2 Å².